The van der Waals surface area contributed by atoms with Crippen LogP contribution in [0.5, 0.6) is 5.75 Å². The molecule has 1 aliphatic heterocycles. The number of aryl methyl sites for hydroxylation is 1. The average Bonchev–Trinajstić information content (AvgIpc) is 2.60. The summed E-state index contributed by atoms with van der Waals surface area (Å²) < 4.78 is 0. The molecule has 2 N–H and O–H groups in total. The molecule has 126 valence electrons. The molecular weight excluding hydrogens is 336 g/mol. The molecule has 2 amide bonds. The van der Waals surface area contributed by atoms with Crippen LogP contribution in [0.3, 0.4) is 0 Å². The molecule has 0 saturated carbocycles. The Kier molecular flexibility index (Phi) is 4.63. The molecule has 0 bridgehead atoms. The first kappa shape index (κ1) is 16.9. The van der Waals surface area contributed by atoms with Crippen LogP contribution < -0.4 is 10.2 Å². The molecule has 25 heavy (non-hydrogen) atoms. The first-order valence-corrected chi connectivity index (χ1v) is 8.20. The van der Waals surface area contributed by atoms with E-state index in [0.29, 0.717) is 11.3 Å². The number of phenols is 1. The van der Waals surface area contributed by atoms with Crippen LogP contribution in [0.1, 0.15) is 18.1 Å². The lowest BCUT2D eigenvalue weighted by Crippen LogP contribution is -2.54. The van der Waals surface area contributed by atoms with E-state index < -0.39 is 11.8 Å². The quantitative estimate of drug-likeness (QED) is 0.506. The molecule has 1 saturated heterocycles. The van der Waals surface area contributed by atoms with E-state index in [0.717, 1.165) is 12.0 Å². The van der Waals surface area contributed by atoms with Gasteiger partial charge in [-0.05, 0) is 60.1 Å². The highest BCUT2D eigenvalue weighted by Gasteiger charge is 2.34. The highest BCUT2D eigenvalue weighted by atomic mass is 32.1. The van der Waals surface area contributed by atoms with Crippen molar-refractivity contribution in [2.45, 2.75) is 13.3 Å². The molecule has 6 heteroatoms. The van der Waals surface area contributed by atoms with Gasteiger partial charge in [0.1, 0.15) is 11.3 Å². The van der Waals surface area contributed by atoms with Gasteiger partial charge in [-0.1, -0.05) is 31.2 Å². The van der Waals surface area contributed by atoms with Gasteiger partial charge in [-0.3, -0.25) is 19.8 Å². The summed E-state index contributed by atoms with van der Waals surface area (Å²) in [5.41, 5.74) is 2.36. The summed E-state index contributed by atoms with van der Waals surface area (Å²) in [5.74, 6) is -0.907. The number of phenolic OH excluding ortho intramolecular Hbond substituents is 1. The minimum atomic E-state index is -0.537. The Morgan fingerprint density at radius 3 is 2.32 bits per heavy atom. The summed E-state index contributed by atoms with van der Waals surface area (Å²) in [5, 5.41) is 11.9. The largest absolute Gasteiger partial charge is 0.508 e. The number of nitrogens with zero attached hydrogens (tertiary/aromatic N) is 1. The van der Waals surface area contributed by atoms with Crippen molar-refractivity contribution in [1.82, 2.24) is 5.32 Å². The SMILES string of the molecule is CCc1ccc(N2C(=O)/C(=C/c3ccc(O)cc3)C(=O)NC2=S)cc1. The van der Waals surface area contributed by atoms with Crippen LogP contribution in [-0.2, 0) is 16.0 Å². The molecule has 0 aliphatic carbocycles. The second-order valence-corrected chi connectivity index (χ2v) is 5.96. The van der Waals surface area contributed by atoms with E-state index in [1.165, 1.54) is 23.1 Å². The number of carbonyl (C=O) groups excluding carboxylic acids is 2. The minimum absolute atomic E-state index is 0.0149. The summed E-state index contributed by atoms with van der Waals surface area (Å²) in [6.45, 7) is 2.05. The molecule has 1 aliphatic rings. The number of hydrogen-bond acceptors (Lipinski definition) is 4. The molecule has 0 unspecified atom stereocenters. The lowest BCUT2D eigenvalue weighted by atomic mass is 10.1. The van der Waals surface area contributed by atoms with Crippen LogP contribution in [-0.4, -0.2) is 22.0 Å². The summed E-state index contributed by atoms with van der Waals surface area (Å²) in [6.07, 6.45) is 2.37. The molecule has 5 nitrogen and oxygen atoms in total. The molecule has 2 aromatic carbocycles. The van der Waals surface area contributed by atoms with Gasteiger partial charge in [0, 0.05) is 0 Å². The predicted octanol–water partition coefficient (Wildman–Crippen LogP) is 2.79. The number of carbonyl (C=O) groups is 2. The number of benzene rings is 2. The molecule has 0 spiro atoms. The highest BCUT2D eigenvalue weighted by molar-refractivity contribution is 7.80. The Bertz CT molecular complexity index is 871. The third kappa shape index (κ3) is 3.44. The molecule has 0 atom stereocenters. The Hall–Kier alpha value is -2.99. The summed E-state index contributed by atoms with van der Waals surface area (Å²) in [4.78, 5) is 26.3. The average molecular weight is 352 g/mol. The van der Waals surface area contributed by atoms with E-state index in [-0.39, 0.29) is 16.4 Å². The van der Waals surface area contributed by atoms with Gasteiger partial charge in [0.05, 0.1) is 5.69 Å². The number of hydrogen-bond donors (Lipinski definition) is 2. The van der Waals surface area contributed by atoms with Crippen LogP contribution in [0.25, 0.3) is 6.08 Å². The van der Waals surface area contributed by atoms with Gasteiger partial charge in [0.15, 0.2) is 5.11 Å². The number of anilines is 1. The molecule has 1 fully saturated rings. The monoisotopic (exact) mass is 352 g/mol. The third-order valence-corrected chi connectivity index (χ3v) is 4.19. The fourth-order valence-electron chi connectivity index (χ4n) is 2.51. The van der Waals surface area contributed by atoms with Gasteiger partial charge in [-0.15, -0.1) is 0 Å². The maximum atomic E-state index is 12.8. The Morgan fingerprint density at radius 2 is 1.72 bits per heavy atom. The second-order valence-electron chi connectivity index (χ2n) is 5.57. The van der Waals surface area contributed by atoms with Crippen LogP contribution in [0.2, 0.25) is 0 Å². The van der Waals surface area contributed by atoms with E-state index in [1.54, 1.807) is 24.3 Å². The van der Waals surface area contributed by atoms with Crippen molar-refractivity contribution in [1.29, 1.82) is 0 Å². The van der Waals surface area contributed by atoms with Gasteiger partial charge >= 0.3 is 0 Å². The second kappa shape index (κ2) is 6.86. The summed E-state index contributed by atoms with van der Waals surface area (Å²) >= 11 is 5.17. The predicted molar refractivity (Wildman–Crippen MR) is 100 cm³/mol. The van der Waals surface area contributed by atoms with Crippen molar-refractivity contribution in [3.63, 3.8) is 0 Å². The van der Waals surface area contributed by atoms with Gasteiger partial charge in [0.25, 0.3) is 11.8 Å². The molecule has 0 aromatic heterocycles. The fourth-order valence-corrected chi connectivity index (χ4v) is 2.79. The first-order valence-electron chi connectivity index (χ1n) is 7.79. The number of rotatable bonds is 3. The smallest absolute Gasteiger partial charge is 0.270 e. The highest BCUT2D eigenvalue weighted by Crippen LogP contribution is 2.23. The Morgan fingerprint density at radius 1 is 1.08 bits per heavy atom. The first-order chi connectivity index (χ1) is 12.0. The topological polar surface area (TPSA) is 69.6 Å². The van der Waals surface area contributed by atoms with Crippen molar-refractivity contribution in [3.8, 4) is 5.75 Å². The van der Waals surface area contributed by atoms with Crippen molar-refractivity contribution >= 4 is 40.9 Å². The lowest BCUT2D eigenvalue weighted by Gasteiger charge is -2.29. The van der Waals surface area contributed by atoms with E-state index in [1.807, 2.05) is 19.1 Å². The van der Waals surface area contributed by atoms with Crippen LogP contribution in [0.4, 0.5) is 5.69 Å². The van der Waals surface area contributed by atoms with Crippen LogP contribution in [0, 0.1) is 0 Å². The number of thiocarbonyl (C=S) groups is 1. The standard InChI is InChI=1S/C19H16N2O3S/c1-2-12-3-7-14(8-4-12)21-18(24)16(17(23)20-19(21)25)11-13-5-9-15(22)10-6-13/h3-11,22H,2H2,1H3,(H,20,23,25)/b16-11+. The van der Waals surface area contributed by atoms with Crippen LogP contribution in [0.15, 0.2) is 54.1 Å². The Labute approximate surface area is 150 Å². The molecule has 0 radical (unpaired) electrons. The molecular formula is C19H16N2O3S. The third-order valence-electron chi connectivity index (χ3n) is 3.91. The van der Waals surface area contributed by atoms with Crippen molar-refractivity contribution in [3.05, 3.63) is 65.2 Å². The zero-order valence-corrected chi connectivity index (χ0v) is 14.3. The van der Waals surface area contributed by atoms with E-state index in [4.69, 9.17) is 12.2 Å². The van der Waals surface area contributed by atoms with Gasteiger partial charge in [-0.25, -0.2) is 0 Å². The van der Waals surface area contributed by atoms with Crippen molar-refractivity contribution in [2.75, 3.05) is 4.90 Å². The van der Waals surface area contributed by atoms with Crippen molar-refractivity contribution in [2.24, 2.45) is 0 Å². The molecule has 2 aromatic rings. The molecule has 1 heterocycles. The van der Waals surface area contributed by atoms with E-state index in [2.05, 4.69) is 5.32 Å². The molecule has 3 rings (SSSR count). The van der Waals surface area contributed by atoms with Gasteiger partial charge < -0.3 is 5.11 Å². The number of amides is 2. The van der Waals surface area contributed by atoms with Crippen molar-refractivity contribution < 1.29 is 14.7 Å². The summed E-state index contributed by atoms with van der Waals surface area (Å²) in [6, 6.07) is 13.7. The minimum Gasteiger partial charge on any atom is -0.508 e. The zero-order chi connectivity index (χ0) is 18.0. The lowest BCUT2D eigenvalue weighted by molar-refractivity contribution is -0.122. The summed E-state index contributed by atoms with van der Waals surface area (Å²) in [7, 11) is 0. The number of nitrogens with one attached hydrogen (secondary N) is 1. The van der Waals surface area contributed by atoms with E-state index in [9.17, 15) is 14.7 Å². The number of aromatic hydroxyl groups is 1. The fraction of sp³-hybridized carbons (Fsp3) is 0.105. The van der Waals surface area contributed by atoms with Crippen LogP contribution >= 0.6 is 12.2 Å². The Balaban J connectivity index is 1.97. The zero-order valence-electron chi connectivity index (χ0n) is 13.5. The van der Waals surface area contributed by atoms with Gasteiger partial charge in [-0.2, -0.15) is 0 Å². The van der Waals surface area contributed by atoms with E-state index >= 15 is 0 Å². The van der Waals surface area contributed by atoms with Gasteiger partial charge in [0.2, 0.25) is 0 Å². The maximum Gasteiger partial charge on any atom is 0.270 e. The normalized spacial score (nSPS) is 16.3. The maximum absolute atomic E-state index is 12.8.